The van der Waals surface area contributed by atoms with Crippen molar-refractivity contribution in [3.05, 3.63) is 41.5 Å². The first-order chi connectivity index (χ1) is 22.2. The zero-order chi connectivity index (χ0) is 33.4. The minimum absolute atomic E-state index is 0.0785. The van der Waals surface area contributed by atoms with E-state index in [0.717, 1.165) is 32.2 Å². The molecule has 4 aliphatic rings. The molecule has 4 fully saturated rings. The molecule has 4 atom stereocenters. The Labute approximate surface area is 268 Å². The smallest absolute Gasteiger partial charge is 0.410 e. The van der Waals surface area contributed by atoms with Crippen LogP contribution in [0.3, 0.4) is 0 Å². The van der Waals surface area contributed by atoms with Gasteiger partial charge in [0.25, 0.3) is 0 Å². The maximum atomic E-state index is 16.4. The van der Waals surface area contributed by atoms with E-state index in [0.29, 0.717) is 37.9 Å². The van der Waals surface area contributed by atoms with E-state index in [2.05, 4.69) is 9.88 Å². The summed E-state index contributed by atoms with van der Waals surface area (Å²) in [6, 6.07) is 2.48. The summed E-state index contributed by atoms with van der Waals surface area (Å²) in [4.78, 5) is 27.9. The number of halogens is 5. The van der Waals surface area contributed by atoms with Crippen molar-refractivity contribution in [3.63, 3.8) is 0 Å². The third-order valence-corrected chi connectivity index (χ3v) is 9.86. The van der Waals surface area contributed by atoms with Gasteiger partial charge in [-0.25, -0.2) is 26.7 Å². The van der Waals surface area contributed by atoms with Crippen LogP contribution in [-0.4, -0.2) is 88.0 Å². The lowest BCUT2D eigenvalue weighted by Gasteiger charge is -2.42. The zero-order valence-corrected chi connectivity index (χ0v) is 26.5. The second-order valence-electron chi connectivity index (χ2n) is 14.1. The van der Waals surface area contributed by atoms with Gasteiger partial charge in [-0.2, -0.15) is 9.97 Å². The summed E-state index contributed by atoms with van der Waals surface area (Å²) < 4.78 is 86.6. The molecule has 2 bridgehead atoms. The number of hydrogen-bond donors (Lipinski definition) is 1. The summed E-state index contributed by atoms with van der Waals surface area (Å²) in [5.74, 6) is -4.79. The third-order valence-electron chi connectivity index (χ3n) is 9.86. The fraction of sp³-hybridized carbons (Fsp3) is 0.545. The van der Waals surface area contributed by atoms with Gasteiger partial charge in [0.2, 0.25) is 0 Å². The highest BCUT2D eigenvalue weighted by molar-refractivity contribution is 5.94. The standard InChI is InChI=1S/C33H37F5N6O3/c1-32(2,3)47-31(45)44-18-5-6-19(44)15-42(14-18)29-21-8-7-20(24-22(35)11-23(36)27(39)26(24)38)25(37)28(21)40-30(41-29)46-16-33-9-4-10-43(33)13-17(34)12-33/h7-8,11,17-19H,4-6,9-10,12-16,39H2,1-3H3/t17-,18-,19+,33+/m1/s1. The zero-order valence-electron chi connectivity index (χ0n) is 26.5. The molecule has 0 unspecified atom stereocenters. The van der Waals surface area contributed by atoms with Crippen molar-refractivity contribution in [2.24, 2.45) is 0 Å². The van der Waals surface area contributed by atoms with Crippen LogP contribution >= 0.6 is 0 Å². The molecule has 1 amide bonds. The van der Waals surface area contributed by atoms with Crippen LogP contribution in [0.15, 0.2) is 18.2 Å². The third kappa shape index (κ3) is 5.47. The number of benzene rings is 2. The maximum absolute atomic E-state index is 16.4. The number of ether oxygens (including phenoxy) is 2. The lowest BCUT2D eigenvalue weighted by molar-refractivity contribution is 0.0122. The van der Waals surface area contributed by atoms with Gasteiger partial charge < -0.3 is 20.1 Å². The summed E-state index contributed by atoms with van der Waals surface area (Å²) in [5, 5.41) is 0.255. The maximum Gasteiger partial charge on any atom is 0.410 e. The Kier molecular flexibility index (Phi) is 7.64. The number of carbonyl (C=O) groups excluding carboxylic acids is 1. The van der Waals surface area contributed by atoms with E-state index >= 15 is 8.78 Å². The highest BCUT2D eigenvalue weighted by Crippen LogP contribution is 2.42. The topological polar surface area (TPSA) is 97.0 Å². The van der Waals surface area contributed by atoms with E-state index in [4.69, 9.17) is 20.2 Å². The number of anilines is 2. The number of nitrogens with zero attached hydrogens (tertiary/aromatic N) is 5. The van der Waals surface area contributed by atoms with E-state index in [9.17, 15) is 18.0 Å². The van der Waals surface area contributed by atoms with Crippen LogP contribution in [0.4, 0.5) is 38.3 Å². The Bertz CT molecular complexity index is 1740. The van der Waals surface area contributed by atoms with Crippen LogP contribution in [0.2, 0.25) is 0 Å². The van der Waals surface area contributed by atoms with Gasteiger partial charge in [-0.05, 0) is 59.1 Å². The number of hydrogen-bond acceptors (Lipinski definition) is 8. The van der Waals surface area contributed by atoms with Crippen LogP contribution < -0.4 is 15.4 Å². The average molecular weight is 661 g/mol. The highest BCUT2D eigenvalue weighted by Gasteiger charge is 2.50. The molecule has 0 saturated carbocycles. The Morgan fingerprint density at radius 1 is 1.04 bits per heavy atom. The summed E-state index contributed by atoms with van der Waals surface area (Å²) >= 11 is 0. The van der Waals surface area contributed by atoms with Crippen LogP contribution in [-0.2, 0) is 4.74 Å². The molecule has 7 rings (SSSR count). The number of piperazine rings is 1. The summed E-state index contributed by atoms with van der Waals surface area (Å²) in [6.45, 7) is 7.29. The lowest BCUT2D eigenvalue weighted by atomic mass is 9.95. The van der Waals surface area contributed by atoms with Crippen molar-refractivity contribution >= 4 is 28.5 Å². The van der Waals surface area contributed by atoms with Gasteiger partial charge in [0, 0.05) is 43.1 Å². The van der Waals surface area contributed by atoms with Crippen molar-refractivity contribution in [2.75, 3.05) is 43.4 Å². The van der Waals surface area contributed by atoms with Gasteiger partial charge in [-0.1, -0.05) is 6.07 Å². The van der Waals surface area contributed by atoms with Crippen LogP contribution in [0.5, 0.6) is 6.01 Å². The molecule has 0 radical (unpaired) electrons. The predicted molar refractivity (Wildman–Crippen MR) is 165 cm³/mol. The molecule has 4 aliphatic heterocycles. The number of amides is 1. The minimum atomic E-state index is -1.43. The monoisotopic (exact) mass is 660 g/mol. The molecule has 1 aromatic heterocycles. The van der Waals surface area contributed by atoms with E-state index in [1.165, 1.54) is 12.1 Å². The first-order valence-corrected chi connectivity index (χ1v) is 16.0. The number of fused-ring (bicyclic) bond motifs is 4. The van der Waals surface area contributed by atoms with Crippen molar-refractivity contribution in [2.45, 2.75) is 82.3 Å². The lowest BCUT2D eigenvalue weighted by Crippen LogP contribution is -2.57. The molecular formula is C33H37F5N6O3. The number of aromatic nitrogens is 2. The molecule has 47 heavy (non-hydrogen) atoms. The van der Waals surface area contributed by atoms with Gasteiger partial charge >= 0.3 is 12.1 Å². The van der Waals surface area contributed by atoms with Crippen LogP contribution in [0.1, 0.15) is 52.9 Å². The molecular weight excluding hydrogens is 623 g/mol. The molecule has 2 N–H and O–H groups in total. The number of alkyl halides is 1. The second kappa shape index (κ2) is 11.3. The quantitative estimate of drug-likeness (QED) is 0.264. The van der Waals surface area contributed by atoms with Gasteiger partial charge in [0.1, 0.15) is 41.2 Å². The van der Waals surface area contributed by atoms with E-state index < -0.39 is 63.5 Å². The largest absolute Gasteiger partial charge is 0.461 e. The van der Waals surface area contributed by atoms with Gasteiger partial charge in [0.05, 0.1) is 23.2 Å². The van der Waals surface area contributed by atoms with E-state index in [1.807, 2.05) is 25.7 Å². The fourth-order valence-corrected chi connectivity index (χ4v) is 7.81. The molecule has 14 heteroatoms. The fourth-order valence-electron chi connectivity index (χ4n) is 7.81. The highest BCUT2D eigenvalue weighted by atomic mass is 19.2. The Morgan fingerprint density at radius 3 is 2.47 bits per heavy atom. The van der Waals surface area contributed by atoms with E-state index in [-0.39, 0.29) is 35.6 Å². The van der Waals surface area contributed by atoms with Crippen molar-refractivity contribution in [3.8, 4) is 17.1 Å². The van der Waals surface area contributed by atoms with Crippen molar-refractivity contribution in [1.29, 1.82) is 0 Å². The van der Waals surface area contributed by atoms with Crippen LogP contribution in [0, 0.1) is 23.3 Å². The second-order valence-corrected chi connectivity index (χ2v) is 14.1. The molecule has 0 aliphatic carbocycles. The molecule has 9 nitrogen and oxygen atoms in total. The minimum Gasteiger partial charge on any atom is -0.461 e. The Hall–Kier alpha value is -3.94. The van der Waals surface area contributed by atoms with Crippen molar-refractivity contribution in [1.82, 2.24) is 19.8 Å². The summed E-state index contributed by atoms with van der Waals surface area (Å²) in [7, 11) is 0. The first-order valence-electron chi connectivity index (χ1n) is 16.0. The van der Waals surface area contributed by atoms with Crippen molar-refractivity contribution < 1.29 is 36.2 Å². The van der Waals surface area contributed by atoms with Crippen LogP contribution in [0.25, 0.3) is 22.0 Å². The average Bonchev–Trinajstić information content (AvgIpc) is 3.62. The number of rotatable bonds is 5. The van der Waals surface area contributed by atoms with Gasteiger partial charge in [-0.15, -0.1) is 0 Å². The summed E-state index contributed by atoms with van der Waals surface area (Å²) in [6.07, 6.45) is 2.00. The first kappa shape index (κ1) is 31.6. The molecule has 2 aromatic carbocycles. The SMILES string of the molecule is CC(C)(C)OC(=O)N1[C@@H]2CC[C@H]1CN(c1nc(OC[C@@]34CCCN3C[C@H](F)C4)nc3c(F)c(-c4c(F)cc(F)c(N)c4F)ccc13)C2. The Balaban J connectivity index is 1.29. The number of nitrogens with two attached hydrogens (primary N) is 1. The normalized spacial score (nSPS) is 25.9. The number of carbonyl (C=O) groups is 1. The molecule has 5 heterocycles. The van der Waals surface area contributed by atoms with E-state index in [1.54, 1.807) is 4.90 Å². The van der Waals surface area contributed by atoms with Gasteiger partial charge in [-0.3, -0.25) is 9.80 Å². The molecule has 3 aromatic rings. The summed E-state index contributed by atoms with van der Waals surface area (Å²) in [5.41, 5.74) is 1.77. The van der Waals surface area contributed by atoms with Gasteiger partial charge in [0.15, 0.2) is 17.5 Å². The number of nitrogen functional groups attached to an aromatic ring is 1. The molecule has 4 saturated heterocycles. The molecule has 252 valence electrons. The molecule has 0 spiro atoms. The predicted octanol–water partition coefficient (Wildman–Crippen LogP) is 5.98. The Morgan fingerprint density at radius 2 is 1.77 bits per heavy atom.